The maximum absolute atomic E-state index is 12.0. The molecule has 0 aliphatic heterocycles. The molecule has 0 fully saturated rings. The zero-order valence-electron chi connectivity index (χ0n) is 9.31. The van der Waals surface area contributed by atoms with Gasteiger partial charge in [0.2, 0.25) is 0 Å². The van der Waals surface area contributed by atoms with Crippen molar-refractivity contribution in [3.63, 3.8) is 0 Å². The van der Waals surface area contributed by atoms with Crippen molar-refractivity contribution in [2.75, 3.05) is 0 Å². The Morgan fingerprint density at radius 3 is 2.83 bits per heavy atom. The number of Topliss-reactive ketones (excluding diaryl/α,β-unsaturated/α-hetero) is 1. The van der Waals surface area contributed by atoms with E-state index in [2.05, 4.69) is 10.1 Å². The lowest BCUT2D eigenvalue weighted by Gasteiger charge is -2.04. The quantitative estimate of drug-likeness (QED) is 0.791. The van der Waals surface area contributed by atoms with Gasteiger partial charge in [-0.3, -0.25) is 9.78 Å². The topological polar surface area (TPSA) is 47.3 Å². The molecular formula is C11H10F3N3O. The fourth-order valence-electron chi connectivity index (χ4n) is 1.63. The highest BCUT2D eigenvalue weighted by molar-refractivity contribution is 6.01. The second kappa shape index (κ2) is 4.75. The molecule has 0 saturated carbocycles. The highest BCUT2D eigenvalue weighted by atomic mass is 19.4. The van der Waals surface area contributed by atoms with E-state index < -0.39 is 12.6 Å². The molecule has 0 bridgehead atoms. The average molecular weight is 257 g/mol. The highest BCUT2D eigenvalue weighted by Crippen LogP contribution is 2.23. The van der Waals surface area contributed by atoms with Crippen LogP contribution in [0.15, 0.2) is 24.8 Å². The molecule has 7 heteroatoms. The van der Waals surface area contributed by atoms with Gasteiger partial charge in [-0.25, -0.2) is 4.52 Å². The maximum Gasteiger partial charge on any atom is 0.389 e. The van der Waals surface area contributed by atoms with Crippen LogP contribution in [0.2, 0.25) is 0 Å². The van der Waals surface area contributed by atoms with Crippen LogP contribution in [-0.2, 0) is 0 Å². The first-order chi connectivity index (χ1) is 8.47. The molecule has 0 amide bonds. The summed E-state index contributed by atoms with van der Waals surface area (Å²) in [7, 11) is 0. The summed E-state index contributed by atoms with van der Waals surface area (Å²) in [6.45, 7) is 0. The molecule has 2 heterocycles. The van der Waals surface area contributed by atoms with Crippen molar-refractivity contribution in [3.05, 3.63) is 30.4 Å². The van der Waals surface area contributed by atoms with Crippen LogP contribution >= 0.6 is 0 Å². The molecule has 2 aromatic rings. The molecule has 0 N–H and O–H groups in total. The summed E-state index contributed by atoms with van der Waals surface area (Å²) in [4.78, 5) is 15.6. The van der Waals surface area contributed by atoms with E-state index in [1.807, 2.05) is 0 Å². The van der Waals surface area contributed by atoms with Gasteiger partial charge in [-0.15, -0.1) is 0 Å². The summed E-state index contributed by atoms with van der Waals surface area (Å²) in [6, 6.07) is 0. The van der Waals surface area contributed by atoms with Gasteiger partial charge in [-0.1, -0.05) is 0 Å². The van der Waals surface area contributed by atoms with Crippen LogP contribution in [0.5, 0.6) is 0 Å². The Labute approximate surface area is 100 Å². The number of rotatable bonds is 4. The summed E-state index contributed by atoms with van der Waals surface area (Å²) in [6.07, 6.45) is 0.380. The van der Waals surface area contributed by atoms with Gasteiger partial charge in [0.15, 0.2) is 5.78 Å². The third-order valence-corrected chi connectivity index (χ3v) is 2.49. The van der Waals surface area contributed by atoms with Gasteiger partial charge in [0.1, 0.15) is 0 Å². The fourth-order valence-corrected chi connectivity index (χ4v) is 1.63. The Morgan fingerprint density at radius 1 is 1.33 bits per heavy atom. The van der Waals surface area contributed by atoms with Crippen molar-refractivity contribution in [1.29, 1.82) is 0 Å². The smallest absolute Gasteiger partial charge is 0.294 e. The molecule has 0 saturated heterocycles. The van der Waals surface area contributed by atoms with Crippen LogP contribution in [0.3, 0.4) is 0 Å². The molecule has 0 spiro atoms. The first-order valence-corrected chi connectivity index (χ1v) is 5.35. The second-order valence-corrected chi connectivity index (χ2v) is 3.86. The maximum atomic E-state index is 12.0. The monoisotopic (exact) mass is 257 g/mol. The number of carbonyl (C=O) groups excluding carboxylic acids is 1. The lowest BCUT2D eigenvalue weighted by atomic mass is 10.1. The molecule has 2 rings (SSSR count). The summed E-state index contributed by atoms with van der Waals surface area (Å²) < 4.78 is 37.4. The number of nitrogens with zero attached hydrogens (tertiary/aromatic N) is 3. The van der Waals surface area contributed by atoms with Crippen molar-refractivity contribution < 1.29 is 18.0 Å². The van der Waals surface area contributed by atoms with Crippen LogP contribution in [0.4, 0.5) is 13.2 Å². The van der Waals surface area contributed by atoms with E-state index >= 15 is 0 Å². The first kappa shape index (κ1) is 12.5. The number of hydrogen-bond acceptors (Lipinski definition) is 3. The zero-order valence-corrected chi connectivity index (χ0v) is 9.31. The molecule has 0 radical (unpaired) electrons. The Hall–Kier alpha value is -1.92. The molecular weight excluding hydrogens is 247 g/mol. The van der Waals surface area contributed by atoms with Crippen LogP contribution < -0.4 is 0 Å². The second-order valence-electron chi connectivity index (χ2n) is 3.86. The predicted molar refractivity (Wildman–Crippen MR) is 57.2 cm³/mol. The number of alkyl halides is 3. The standard InChI is InChI=1S/C11H10F3N3O/c12-11(13,14)3-1-2-10(18)8-6-16-17-5-4-15-7-9(8)17/h4-7H,1-3H2. The van der Waals surface area contributed by atoms with Crippen molar-refractivity contribution in [2.45, 2.75) is 25.4 Å². The minimum absolute atomic E-state index is 0.143. The summed E-state index contributed by atoms with van der Waals surface area (Å²) >= 11 is 0. The normalized spacial score (nSPS) is 11.9. The van der Waals surface area contributed by atoms with E-state index in [0.29, 0.717) is 11.1 Å². The molecule has 0 aliphatic rings. The van der Waals surface area contributed by atoms with Crippen LogP contribution in [0.1, 0.15) is 29.6 Å². The Kier molecular flexibility index (Phi) is 3.31. The van der Waals surface area contributed by atoms with E-state index in [4.69, 9.17) is 0 Å². The van der Waals surface area contributed by atoms with Gasteiger partial charge in [0.25, 0.3) is 0 Å². The number of carbonyl (C=O) groups is 1. The van der Waals surface area contributed by atoms with E-state index in [0.717, 1.165) is 0 Å². The zero-order chi connectivity index (χ0) is 13.2. The van der Waals surface area contributed by atoms with Crippen molar-refractivity contribution in [2.24, 2.45) is 0 Å². The Bertz CT molecular complexity index is 562. The summed E-state index contributed by atoms with van der Waals surface area (Å²) in [5.41, 5.74) is 0.819. The van der Waals surface area contributed by atoms with E-state index in [1.54, 1.807) is 6.20 Å². The third kappa shape index (κ3) is 2.85. The molecule has 0 aliphatic carbocycles. The molecule has 18 heavy (non-hydrogen) atoms. The lowest BCUT2D eigenvalue weighted by molar-refractivity contribution is -0.135. The molecule has 0 atom stereocenters. The summed E-state index contributed by atoms with van der Waals surface area (Å²) in [5, 5.41) is 3.93. The van der Waals surface area contributed by atoms with Gasteiger partial charge in [0.05, 0.1) is 23.5 Å². The molecule has 0 aromatic carbocycles. The Morgan fingerprint density at radius 2 is 2.11 bits per heavy atom. The van der Waals surface area contributed by atoms with Crippen LogP contribution in [-0.4, -0.2) is 26.6 Å². The number of hydrogen-bond donors (Lipinski definition) is 0. The third-order valence-electron chi connectivity index (χ3n) is 2.49. The predicted octanol–water partition coefficient (Wildman–Crippen LogP) is 2.64. The van der Waals surface area contributed by atoms with E-state index in [-0.39, 0.29) is 18.6 Å². The van der Waals surface area contributed by atoms with Crippen LogP contribution in [0, 0.1) is 0 Å². The van der Waals surface area contributed by atoms with Crippen LogP contribution in [0.25, 0.3) is 5.52 Å². The van der Waals surface area contributed by atoms with Crippen molar-refractivity contribution >= 4 is 11.3 Å². The van der Waals surface area contributed by atoms with E-state index in [9.17, 15) is 18.0 Å². The number of fused-ring (bicyclic) bond motifs is 1. The SMILES string of the molecule is O=C(CCCC(F)(F)F)c1cnn2ccncc12. The van der Waals surface area contributed by atoms with Gasteiger partial charge in [0, 0.05) is 25.2 Å². The van der Waals surface area contributed by atoms with Gasteiger partial charge < -0.3 is 0 Å². The fraction of sp³-hybridized carbons (Fsp3) is 0.364. The van der Waals surface area contributed by atoms with Crippen molar-refractivity contribution in [1.82, 2.24) is 14.6 Å². The average Bonchev–Trinajstić information content (AvgIpc) is 2.70. The van der Waals surface area contributed by atoms with Gasteiger partial charge in [-0.05, 0) is 6.42 Å². The van der Waals surface area contributed by atoms with E-state index in [1.165, 1.54) is 23.1 Å². The lowest BCUT2D eigenvalue weighted by Crippen LogP contribution is -2.08. The Balaban J connectivity index is 2.05. The number of aromatic nitrogens is 3. The number of ketones is 1. The minimum Gasteiger partial charge on any atom is -0.294 e. The minimum atomic E-state index is -4.22. The molecule has 4 nitrogen and oxygen atoms in total. The summed E-state index contributed by atoms with van der Waals surface area (Å²) in [5.74, 6) is -0.345. The first-order valence-electron chi connectivity index (χ1n) is 5.35. The van der Waals surface area contributed by atoms with Crippen molar-refractivity contribution in [3.8, 4) is 0 Å². The molecule has 0 unspecified atom stereocenters. The molecule has 96 valence electrons. The largest absolute Gasteiger partial charge is 0.389 e. The van der Waals surface area contributed by atoms with Gasteiger partial charge >= 0.3 is 6.18 Å². The van der Waals surface area contributed by atoms with Gasteiger partial charge in [-0.2, -0.15) is 18.3 Å². The molecule has 2 aromatic heterocycles. The highest BCUT2D eigenvalue weighted by Gasteiger charge is 2.26. The number of halogens is 3.